The molecule has 0 radical (unpaired) electrons. The highest BCUT2D eigenvalue weighted by Gasteiger charge is 2.57. The van der Waals surface area contributed by atoms with E-state index in [1.807, 2.05) is 0 Å². The highest BCUT2D eigenvalue weighted by molar-refractivity contribution is 6.31. The number of anilines is 1. The third-order valence-electron chi connectivity index (χ3n) is 3.97. The third-order valence-corrected chi connectivity index (χ3v) is 4.25. The van der Waals surface area contributed by atoms with Crippen LogP contribution in [0, 0.1) is 11.2 Å². The lowest BCUT2D eigenvalue weighted by Gasteiger charge is -2.23. The summed E-state index contributed by atoms with van der Waals surface area (Å²) in [6.07, 6.45) is 2.99. The van der Waals surface area contributed by atoms with Gasteiger partial charge in [0.05, 0.1) is 5.02 Å². The summed E-state index contributed by atoms with van der Waals surface area (Å²) in [6.45, 7) is 2.70. The predicted octanol–water partition coefficient (Wildman–Crippen LogP) is 3.46. The number of hydrogen-bond donors (Lipinski definition) is 1. The molecule has 0 aromatic heterocycles. The molecule has 4 nitrogen and oxygen atoms in total. The number of unbranched alkanes of at least 4 members (excludes halogenated alkanes) is 1. The number of nitrogens with zero attached hydrogens (tertiary/aromatic N) is 1. The molecule has 2 rings (SSSR count). The van der Waals surface area contributed by atoms with Gasteiger partial charge < -0.3 is 10.2 Å². The standard InChI is InChI=1S/C16H20ClFN2O2/c1-3-4-9-20(2)15(22)16(7-8-16)14(21)19-11-5-6-13(18)12(17)10-11/h5-6,10H,3-4,7-9H2,1-2H3,(H,19,21). The van der Waals surface area contributed by atoms with Gasteiger partial charge >= 0.3 is 0 Å². The van der Waals surface area contributed by atoms with Gasteiger partial charge in [0.2, 0.25) is 11.8 Å². The van der Waals surface area contributed by atoms with Crippen LogP contribution in [0.15, 0.2) is 18.2 Å². The lowest BCUT2D eigenvalue weighted by Crippen LogP contribution is -2.41. The normalized spacial score (nSPS) is 15.3. The highest BCUT2D eigenvalue weighted by atomic mass is 35.5. The number of benzene rings is 1. The zero-order valence-electron chi connectivity index (χ0n) is 12.8. The van der Waals surface area contributed by atoms with Crippen LogP contribution in [0.25, 0.3) is 0 Å². The molecule has 1 aromatic rings. The van der Waals surface area contributed by atoms with Crippen LogP contribution in [0.4, 0.5) is 10.1 Å². The SMILES string of the molecule is CCCCN(C)C(=O)C1(C(=O)Nc2ccc(F)c(Cl)c2)CC1. The van der Waals surface area contributed by atoms with Crippen molar-refractivity contribution < 1.29 is 14.0 Å². The lowest BCUT2D eigenvalue weighted by atomic mass is 10.0. The van der Waals surface area contributed by atoms with Crippen LogP contribution in [-0.4, -0.2) is 30.3 Å². The van der Waals surface area contributed by atoms with Gasteiger partial charge in [-0.15, -0.1) is 0 Å². The predicted molar refractivity (Wildman–Crippen MR) is 84.3 cm³/mol. The molecule has 1 saturated carbocycles. The Balaban J connectivity index is 2.04. The molecule has 0 unspecified atom stereocenters. The second-order valence-corrected chi connectivity index (χ2v) is 6.15. The summed E-state index contributed by atoms with van der Waals surface area (Å²) in [5.41, 5.74) is -0.574. The molecule has 1 fully saturated rings. The van der Waals surface area contributed by atoms with Gasteiger partial charge in [-0.3, -0.25) is 9.59 Å². The third kappa shape index (κ3) is 3.40. The first kappa shape index (κ1) is 16.7. The Morgan fingerprint density at radius 1 is 1.41 bits per heavy atom. The molecular weight excluding hydrogens is 307 g/mol. The van der Waals surface area contributed by atoms with Crippen molar-refractivity contribution in [2.45, 2.75) is 32.6 Å². The average molecular weight is 327 g/mol. The van der Waals surface area contributed by atoms with Crippen molar-refractivity contribution in [1.82, 2.24) is 4.90 Å². The van der Waals surface area contributed by atoms with Crippen LogP contribution in [-0.2, 0) is 9.59 Å². The fourth-order valence-corrected chi connectivity index (χ4v) is 2.53. The summed E-state index contributed by atoms with van der Waals surface area (Å²) in [6, 6.07) is 3.96. The van der Waals surface area contributed by atoms with E-state index in [-0.39, 0.29) is 16.8 Å². The van der Waals surface area contributed by atoms with Crippen LogP contribution < -0.4 is 5.32 Å². The summed E-state index contributed by atoms with van der Waals surface area (Å²) < 4.78 is 13.1. The molecule has 0 heterocycles. The number of rotatable bonds is 6. The molecule has 0 atom stereocenters. The largest absolute Gasteiger partial charge is 0.345 e. The van der Waals surface area contributed by atoms with Crippen LogP contribution in [0.1, 0.15) is 32.6 Å². The minimum atomic E-state index is -0.969. The van der Waals surface area contributed by atoms with Crippen LogP contribution in [0.5, 0.6) is 0 Å². The summed E-state index contributed by atoms with van der Waals surface area (Å²) in [5, 5.41) is 2.61. The maximum atomic E-state index is 13.1. The highest BCUT2D eigenvalue weighted by Crippen LogP contribution is 2.48. The van der Waals surface area contributed by atoms with E-state index < -0.39 is 11.2 Å². The van der Waals surface area contributed by atoms with Crippen molar-refractivity contribution in [3.8, 4) is 0 Å². The summed E-state index contributed by atoms with van der Waals surface area (Å²) in [4.78, 5) is 26.5. The van der Waals surface area contributed by atoms with Gasteiger partial charge in [-0.05, 0) is 37.5 Å². The van der Waals surface area contributed by atoms with E-state index in [0.29, 0.717) is 25.1 Å². The van der Waals surface area contributed by atoms with Crippen LogP contribution >= 0.6 is 11.6 Å². The minimum absolute atomic E-state index is 0.0611. The van der Waals surface area contributed by atoms with Crippen molar-refractivity contribution >= 4 is 29.1 Å². The first-order chi connectivity index (χ1) is 10.4. The van der Waals surface area contributed by atoms with Crippen molar-refractivity contribution in [3.05, 3.63) is 29.0 Å². The fourth-order valence-electron chi connectivity index (χ4n) is 2.35. The minimum Gasteiger partial charge on any atom is -0.345 e. The van der Waals surface area contributed by atoms with E-state index in [4.69, 9.17) is 11.6 Å². The molecule has 0 saturated heterocycles. The Morgan fingerprint density at radius 2 is 2.09 bits per heavy atom. The monoisotopic (exact) mass is 326 g/mol. The van der Waals surface area contributed by atoms with Crippen molar-refractivity contribution in [1.29, 1.82) is 0 Å². The molecule has 120 valence electrons. The molecule has 0 aliphatic heterocycles. The molecule has 1 aromatic carbocycles. The van der Waals surface area contributed by atoms with E-state index >= 15 is 0 Å². The second kappa shape index (κ2) is 6.65. The quantitative estimate of drug-likeness (QED) is 0.814. The fraction of sp³-hybridized carbons (Fsp3) is 0.500. The van der Waals surface area contributed by atoms with Gasteiger partial charge in [0.1, 0.15) is 11.2 Å². The lowest BCUT2D eigenvalue weighted by molar-refractivity contribution is -0.141. The zero-order chi connectivity index (χ0) is 16.3. The van der Waals surface area contributed by atoms with Crippen molar-refractivity contribution in [3.63, 3.8) is 0 Å². The van der Waals surface area contributed by atoms with Gasteiger partial charge in [-0.25, -0.2) is 4.39 Å². The second-order valence-electron chi connectivity index (χ2n) is 5.75. The number of carbonyl (C=O) groups excluding carboxylic acids is 2. The van der Waals surface area contributed by atoms with Crippen molar-refractivity contribution in [2.75, 3.05) is 18.9 Å². The first-order valence-electron chi connectivity index (χ1n) is 7.43. The van der Waals surface area contributed by atoms with Crippen LogP contribution in [0.3, 0.4) is 0 Å². The maximum absolute atomic E-state index is 13.1. The van der Waals surface area contributed by atoms with Crippen molar-refractivity contribution in [2.24, 2.45) is 5.41 Å². The number of hydrogen-bond acceptors (Lipinski definition) is 2. The van der Waals surface area contributed by atoms with Gasteiger partial charge in [0.25, 0.3) is 0 Å². The van der Waals surface area contributed by atoms with E-state index in [1.54, 1.807) is 11.9 Å². The molecule has 1 aliphatic rings. The molecule has 6 heteroatoms. The molecule has 0 bridgehead atoms. The average Bonchev–Trinajstić information content (AvgIpc) is 3.29. The molecule has 0 spiro atoms. The zero-order valence-corrected chi connectivity index (χ0v) is 13.5. The topological polar surface area (TPSA) is 49.4 Å². The van der Waals surface area contributed by atoms with Gasteiger partial charge in [0.15, 0.2) is 0 Å². The Bertz CT molecular complexity index is 588. The smallest absolute Gasteiger partial charge is 0.240 e. The van der Waals surface area contributed by atoms with E-state index in [0.717, 1.165) is 12.8 Å². The molecular formula is C16H20ClFN2O2. The molecule has 2 amide bonds. The van der Waals surface area contributed by atoms with E-state index in [2.05, 4.69) is 12.2 Å². The summed E-state index contributed by atoms with van der Waals surface area (Å²) in [5.74, 6) is -1.04. The number of nitrogens with one attached hydrogen (secondary N) is 1. The van der Waals surface area contributed by atoms with E-state index in [1.165, 1.54) is 18.2 Å². The maximum Gasteiger partial charge on any atom is 0.240 e. The van der Waals surface area contributed by atoms with E-state index in [9.17, 15) is 14.0 Å². The number of carbonyl (C=O) groups is 2. The summed E-state index contributed by atoms with van der Waals surface area (Å²) in [7, 11) is 1.72. The summed E-state index contributed by atoms with van der Waals surface area (Å²) >= 11 is 5.70. The van der Waals surface area contributed by atoms with Gasteiger partial charge in [0, 0.05) is 19.3 Å². The molecule has 22 heavy (non-hydrogen) atoms. The Morgan fingerprint density at radius 3 is 2.64 bits per heavy atom. The van der Waals surface area contributed by atoms with Crippen LogP contribution in [0.2, 0.25) is 5.02 Å². The number of halogens is 2. The van der Waals surface area contributed by atoms with Gasteiger partial charge in [-0.1, -0.05) is 24.9 Å². The Hall–Kier alpha value is -1.62. The van der Waals surface area contributed by atoms with Gasteiger partial charge in [-0.2, -0.15) is 0 Å². The first-order valence-corrected chi connectivity index (χ1v) is 7.80. The molecule has 1 aliphatic carbocycles. The Labute approximate surface area is 134 Å². The number of amides is 2. The Kier molecular flexibility index (Phi) is 5.06. The molecule has 1 N–H and O–H groups in total.